The average molecular weight is 288 g/mol. The van der Waals surface area contributed by atoms with E-state index < -0.39 is 0 Å². The Balaban J connectivity index is 1.90. The minimum Gasteiger partial charge on any atom is -0.395 e. The molecular formula is C17H21FN2O. The first-order valence-electron chi connectivity index (χ1n) is 7.66. The van der Waals surface area contributed by atoms with Gasteiger partial charge in [-0.3, -0.25) is 9.88 Å². The molecule has 0 unspecified atom stereocenters. The Morgan fingerprint density at radius 3 is 2.81 bits per heavy atom. The summed E-state index contributed by atoms with van der Waals surface area (Å²) in [6, 6.07) is 7.40. The summed E-state index contributed by atoms with van der Waals surface area (Å²) in [5.74, 6) is -0.226. The van der Waals surface area contributed by atoms with E-state index in [-0.39, 0.29) is 12.4 Å². The van der Waals surface area contributed by atoms with Crippen molar-refractivity contribution in [2.75, 3.05) is 13.2 Å². The summed E-state index contributed by atoms with van der Waals surface area (Å²) in [6.45, 7) is 1.54. The highest BCUT2D eigenvalue weighted by atomic mass is 19.1. The van der Waals surface area contributed by atoms with Crippen molar-refractivity contribution >= 4 is 10.9 Å². The maximum absolute atomic E-state index is 13.9. The van der Waals surface area contributed by atoms with E-state index in [9.17, 15) is 9.50 Å². The number of aromatic nitrogens is 1. The fraction of sp³-hybridized carbons (Fsp3) is 0.471. The fourth-order valence-corrected chi connectivity index (χ4v) is 3.33. The number of aliphatic hydroxyl groups excluding tert-OH is 1. The minimum absolute atomic E-state index is 0.156. The monoisotopic (exact) mass is 288 g/mol. The number of halogens is 1. The molecule has 0 amide bonds. The summed E-state index contributed by atoms with van der Waals surface area (Å²) in [4.78, 5) is 6.67. The maximum atomic E-state index is 13.9. The van der Waals surface area contributed by atoms with Crippen LogP contribution in [-0.4, -0.2) is 34.2 Å². The van der Waals surface area contributed by atoms with Crippen LogP contribution < -0.4 is 0 Å². The number of hydrogen-bond donors (Lipinski definition) is 1. The van der Waals surface area contributed by atoms with Crippen LogP contribution in [0.4, 0.5) is 4.39 Å². The maximum Gasteiger partial charge on any atom is 0.132 e. The van der Waals surface area contributed by atoms with E-state index in [4.69, 9.17) is 0 Å². The number of pyridine rings is 1. The molecule has 1 N–H and O–H groups in total. The third kappa shape index (κ3) is 3.06. The Kier molecular flexibility index (Phi) is 4.46. The normalized spacial score (nSPS) is 16.1. The van der Waals surface area contributed by atoms with Gasteiger partial charge < -0.3 is 5.11 Å². The molecule has 0 radical (unpaired) electrons. The van der Waals surface area contributed by atoms with Crippen LogP contribution in [0.2, 0.25) is 0 Å². The lowest BCUT2D eigenvalue weighted by Crippen LogP contribution is -2.35. The first kappa shape index (κ1) is 14.4. The Morgan fingerprint density at radius 2 is 2.05 bits per heavy atom. The molecule has 1 heterocycles. The van der Waals surface area contributed by atoms with E-state index in [2.05, 4.69) is 9.88 Å². The van der Waals surface area contributed by atoms with Gasteiger partial charge in [-0.25, -0.2) is 4.39 Å². The lowest BCUT2D eigenvalue weighted by atomic mass is 10.1. The third-order valence-corrected chi connectivity index (χ3v) is 4.40. The average Bonchev–Trinajstić information content (AvgIpc) is 3.04. The zero-order valence-corrected chi connectivity index (χ0v) is 12.1. The molecule has 1 aliphatic rings. The van der Waals surface area contributed by atoms with Crippen LogP contribution >= 0.6 is 0 Å². The third-order valence-electron chi connectivity index (χ3n) is 4.40. The molecule has 2 aromatic rings. The van der Waals surface area contributed by atoms with Gasteiger partial charge in [-0.05, 0) is 36.6 Å². The van der Waals surface area contributed by atoms with E-state index in [1.165, 1.54) is 31.7 Å². The molecule has 0 spiro atoms. The van der Waals surface area contributed by atoms with Crippen molar-refractivity contribution in [2.45, 2.75) is 38.3 Å². The van der Waals surface area contributed by atoms with Crippen molar-refractivity contribution in [3.63, 3.8) is 0 Å². The van der Waals surface area contributed by atoms with Crippen LogP contribution in [-0.2, 0) is 6.54 Å². The van der Waals surface area contributed by atoms with Gasteiger partial charge in [-0.15, -0.1) is 0 Å². The minimum atomic E-state index is -0.226. The van der Waals surface area contributed by atoms with Crippen LogP contribution in [0.5, 0.6) is 0 Å². The Hall–Kier alpha value is -1.52. The first-order valence-corrected chi connectivity index (χ1v) is 7.66. The van der Waals surface area contributed by atoms with Crippen LogP contribution in [0, 0.1) is 5.82 Å². The van der Waals surface area contributed by atoms with Gasteiger partial charge in [0.15, 0.2) is 0 Å². The zero-order chi connectivity index (χ0) is 14.7. The quantitative estimate of drug-likeness (QED) is 0.918. The largest absolute Gasteiger partial charge is 0.395 e. The van der Waals surface area contributed by atoms with Crippen molar-refractivity contribution in [1.29, 1.82) is 0 Å². The second-order valence-corrected chi connectivity index (χ2v) is 5.74. The summed E-state index contributed by atoms with van der Waals surface area (Å²) in [6.07, 6.45) is 6.60. The second-order valence-electron chi connectivity index (χ2n) is 5.74. The molecule has 4 heteroatoms. The summed E-state index contributed by atoms with van der Waals surface area (Å²) in [5, 5.41) is 9.89. The standard InChI is InChI=1S/C17H21FN2O/c18-16-8-7-13(17-15(16)6-3-9-19-17)12-20(10-11-21)14-4-1-2-5-14/h3,6-9,14,21H,1-2,4-5,10-12H2. The summed E-state index contributed by atoms with van der Waals surface area (Å²) >= 11 is 0. The predicted molar refractivity (Wildman–Crippen MR) is 81.5 cm³/mol. The molecule has 1 aromatic heterocycles. The van der Waals surface area contributed by atoms with Crippen molar-refractivity contribution < 1.29 is 9.50 Å². The van der Waals surface area contributed by atoms with E-state index in [0.717, 1.165) is 17.6 Å². The number of fused-ring (bicyclic) bond motifs is 1. The molecule has 3 nitrogen and oxygen atoms in total. The Morgan fingerprint density at radius 1 is 1.24 bits per heavy atom. The molecule has 0 bridgehead atoms. The van der Waals surface area contributed by atoms with Gasteiger partial charge in [0, 0.05) is 30.7 Å². The van der Waals surface area contributed by atoms with Crippen LogP contribution in [0.15, 0.2) is 30.5 Å². The summed E-state index contributed by atoms with van der Waals surface area (Å²) in [5.41, 5.74) is 1.77. The SMILES string of the molecule is OCCN(Cc1ccc(F)c2cccnc12)C1CCCC1. The van der Waals surface area contributed by atoms with E-state index in [0.29, 0.717) is 18.0 Å². The molecule has 21 heavy (non-hydrogen) atoms. The number of benzene rings is 1. The number of hydrogen-bond acceptors (Lipinski definition) is 3. The van der Waals surface area contributed by atoms with E-state index in [1.807, 2.05) is 6.07 Å². The number of rotatable bonds is 5. The van der Waals surface area contributed by atoms with Crippen molar-refractivity contribution in [2.24, 2.45) is 0 Å². The van der Waals surface area contributed by atoms with Gasteiger partial charge in [-0.1, -0.05) is 18.9 Å². The Labute approximate surface area is 124 Å². The predicted octanol–water partition coefficient (Wildman–Crippen LogP) is 3.11. The molecule has 0 saturated heterocycles. The lowest BCUT2D eigenvalue weighted by Gasteiger charge is -2.28. The highest BCUT2D eigenvalue weighted by Crippen LogP contribution is 2.27. The molecular weight excluding hydrogens is 267 g/mol. The molecule has 0 aliphatic heterocycles. The lowest BCUT2D eigenvalue weighted by molar-refractivity contribution is 0.145. The molecule has 0 atom stereocenters. The molecule has 112 valence electrons. The first-order chi connectivity index (χ1) is 10.3. The van der Waals surface area contributed by atoms with Gasteiger partial charge in [0.05, 0.1) is 12.1 Å². The van der Waals surface area contributed by atoms with Gasteiger partial charge in [-0.2, -0.15) is 0 Å². The summed E-state index contributed by atoms with van der Waals surface area (Å²) < 4.78 is 13.9. The second kappa shape index (κ2) is 6.50. The van der Waals surface area contributed by atoms with Crippen LogP contribution in [0.1, 0.15) is 31.2 Å². The Bertz CT molecular complexity index is 611. The molecule has 1 fully saturated rings. The van der Waals surface area contributed by atoms with E-state index >= 15 is 0 Å². The summed E-state index contributed by atoms with van der Waals surface area (Å²) in [7, 11) is 0. The number of aliphatic hydroxyl groups is 1. The molecule has 1 aliphatic carbocycles. The van der Waals surface area contributed by atoms with Crippen molar-refractivity contribution in [3.05, 3.63) is 41.8 Å². The fourth-order valence-electron chi connectivity index (χ4n) is 3.33. The molecule has 1 saturated carbocycles. The van der Waals surface area contributed by atoms with Crippen molar-refractivity contribution in [1.82, 2.24) is 9.88 Å². The smallest absolute Gasteiger partial charge is 0.132 e. The van der Waals surface area contributed by atoms with E-state index in [1.54, 1.807) is 18.3 Å². The highest BCUT2D eigenvalue weighted by molar-refractivity contribution is 5.82. The van der Waals surface area contributed by atoms with Crippen LogP contribution in [0.25, 0.3) is 10.9 Å². The topological polar surface area (TPSA) is 36.4 Å². The molecule has 1 aromatic carbocycles. The zero-order valence-electron chi connectivity index (χ0n) is 12.1. The number of nitrogens with zero attached hydrogens (tertiary/aromatic N) is 2. The molecule has 3 rings (SSSR count). The van der Waals surface area contributed by atoms with Gasteiger partial charge in [0.25, 0.3) is 0 Å². The van der Waals surface area contributed by atoms with Crippen molar-refractivity contribution in [3.8, 4) is 0 Å². The van der Waals surface area contributed by atoms with Gasteiger partial charge in [0.2, 0.25) is 0 Å². The van der Waals surface area contributed by atoms with Gasteiger partial charge in [0.1, 0.15) is 5.82 Å². The van der Waals surface area contributed by atoms with Gasteiger partial charge >= 0.3 is 0 Å². The van der Waals surface area contributed by atoms with Crippen LogP contribution in [0.3, 0.4) is 0 Å². The highest BCUT2D eigenvalue weighted by Gasteiger charge is 2.23.